The van der Waals surface area contributed by atoms with Crippen LogP contribution in [0.1, 0.15) is 27.7 Å². The molecule has 2 N–H and O–H groups in total. The van der Waals surface area contributed by atoms with E-state index in [-0.39, 0.29) is 5.56 Å². The number of benzene rings is 1. The summed E-state index contributed by atoms with van der Waals surface area (Å²) in [6, 6.07) is 7.24. The molecular weight excluding hydrogens is 220 g/mol. The third kappa shape index (κ3) is 3.31. The van der Waals surface area contributed by atoms with Crippen molar-refractivity contribution >= 4 is 23.0 Å². The van der Waals surface area contributed by atoms with Gasteiger partial charge in [-0.05, 0) is 6.07 Å². The predicted molar refractivity (Wildman–Crippen MR) is 72.4 cm³/mol. The third-order valence-electron chi connectivity index (χ3n) is 1.71. The molecule has 1 aromatic carbocycles. The molecule has 0 spiro atoms. The molecule has 88 valence electrons. The molecule has 0 saturated heterocycles. The lowest BCUT2D eigenvalue weighted by molar-refractivity contribution is 0.999. The molecule has 16 heavy (non-hydrogen) atoms. The number of aromatic nitrogens is 2. The van der Waals surface area contributed by atoms with E-state index in [2.05, 4.69) is 10.2 Å². The number of nitrogens with one attached hydrogen (secondary N) is 2. The summed E-state index contributed by atoms with van der Waals surface area (Å²) in [5.41, 5.74) is -0.140. The molecule has 0 aliphatic carbocycles. The van der Waals surface area contributed by atoms with Crippen molar-refractivity contribution in [3.05, 3.63) is 39.3 Å². The van der Waals surface area contributed by atoms with Gasteiger partial charge < -0.3 is 0 Å². The van der Waals surface area contributed by atoms with E-state index in [9.17, 15) is 4.79 Å². The van der Waals surface area contributed by atoms with Gasteiger partial charge in [-0.3, -0.25) is 15.0 Å². The second kappa shape index (κ2) is 7.82. The maximum absolute atomic E-state index is 11.2. The van der Waals surface area contributed by atoms with Gasteiger partial charge in [0.2, 0.25) is 0 Å². The molecule has 0 bridgehead atoms. The molecule has 0 saturated carbocycles. The van der Waals surface area contributed by atoms with Crippen molar-refractivity contribution in [1.29, 1.82) is 0 Å². The van der Waals surface area contributed by atoms with Crippen LogP contribution in [-0.2, 0) is 0 Å². The van der Waals surface area contributed by atoms with Crippen LogP contribution in [0.4, 0.5) is 0 Å². The Morgan fingerprint density at radius 1 is 0.938 bits per heavy atom. The first-order valence-corrected chi connectivity index (χ1v) is 5.89. The topological polar surface area (TPSA) is 48.6 Å². The molecule has 0 radical (unpaired) electrons. The van der Waals surface area contributed by atoms with Crippen LogP contribution in [0.3, 0.4) is 0 Å². The first-order chi connectivity index (χ1) is 7.79. The van der Waals surface area contributed by atoms with E-state index in [0.717, 1.165) is 5.39 Å². The predicted octanol–water partition coefficient (Wildman–Crippen LogP) is 3.64. The second-order valence-corrected chi connectivity index (χ2v) is 2.86. The molecule has 0 amide bonds. The van der Waals surface area contributed by atoms with Crippen LogP contribution in [0, 0.1) is 4.64 Å². The van der Waals surface area contributed by atoms with E-state index < -0.39 is 0 Å². The highest BCUT2D eigenvalue weighted by Crippen LogP contribution is 2.07. The van der Waals surface area contributed by atoms with Crippen molar-refractivity contribution in [2.75, 3.05) is 0 Å². The summed E-state index contributed by atoms with van der Waals surface area (Å²) in [4.78, 5) is 11.2. The van der Waals surface area contributed by atoms with Crippen molar-refractivity contribution in [2.24, 2.45) is 0 Å². The van der Waals surface area contributed by atoms with E-state index in [1.54, 1.807) is 6.07 Å². The number of fused-ring (bicyclic) bond motifs is 1. The number of H-pyrrole nitrogens is 2. The summed E-state index contributed by atoms with van der Waals surface area (Å²) in [7, 11) is 0. The van der Waals surface area contributed by atoms with Crippen LogP contribution in [-0.4, -0.2) is 10.2 Å². The molecule has 1 heterocycles. The smallest absolute Gasteiger partial charge is 0.270 e. The molecule has 2 rings (SSSR count). The van der Waals surface area contributed by atoms with Gasteiger partial charge in [0.25, 0.3) is 5.56 Å². The van der Waals surface area contributed by atoms with Gasteiger partial charge in [-0.15, -0.1) is 0 Å². The van der Waals surface area contributed by atoms with Crippen LogP contribution in [0.5, 0.6) is 0 Å². The zero-order valence-corrected chi connectivity index (χ0v) is 10.9. The van der Waals surface area contributed by atoms with Crippen molar-refractivity contribution < 1.29 is 0 Å². The van der Waals surface area contributed by atoms with Crippen LogP contribution >= 0.6 is 12.2 Å². The number of rotatable bonds is 0. The minimum atomic E-state index is -0.140. The fourth-order valence-electron chi connectivity index (χ4n) is 1.13. The zero-order valence-electron chi connectivity index (χ0n) is 10.1. The summed E-state index contributed by atoms with van der Waals surface area (Å²) in [5.74, 6) is 0. The summed E-state index contributed by atoms with van der Waals surface area (Å²) in [6.07, 6.45) is 0. The zero-order chi connectivity index (χ0) is 12.6. The highest BCUT2D eigenvalue weighted by Gasteiger charge is 1.96. The average Bonchev–Trinajstić information content (AvgIpc) is 2.39. The maximum atomic E-state index is 11.2. The highest BCUT2D eigenvalue weighted by atomic mass is 32.1. The Hall–Kier alpha value is -1.42. The summed E-state index contributed by atoms with van der Waals surface area (Å²) in [5, 5.41) is 6.49. The minimum absolute atomic E-state index is 0.140. The van der Waals surface area contributed by atoms with Gasteiger partial charge in [-0.1, -0.05) is 58.1 Å². The number of hydrogen-bond donors (Lipinski definition) is 2. The molecule has 2 aromatic rings. The lowest BCUT2D eigenvalue weighted by atomic mass is 10.2. The maximum Gasteiger partial charge on any atom is 0.270 e. The van der Waals surface area contributed by atoms with Gasteiger partial charge in [0.05, 0.1) is 5.39 Å². The van der Waals surface area contributed by atoms with E-state index in [0.29, 0.717) is 10.0 Å². The second-order valence-electron chi connectivity index (χ2n) is 2.45. The largest absolute Gasteiger partial charge is 0.287 e. The Morgan fingerprint density at radius 2 is 1.44 bits per heavy atom. The standard InChI is InChI=1S/C8H6N2OS.2C2H6/c11-7-5-3-1-2-4-6(5)8(12)10-9-7;2*1-2/h1-4H,(H,9,11)(H,10,12);2*1-2H3. The Kier molecular flexibility index (Phi) is 7.12. The van der Waals surface area contributed by atoms with E-state index in [1.165, 1.54) is 0 Å². The van der Waals surface area contributed by atoms with Crippen molar-refractivity contribution in [3.8, 4) is 0 Å². The van der Waals surface area contributed by atoms with Gasteiger partial charge in [0.15, 0.2) is 0 Å². The van der Waals surface area contributed by atoms with Crippen molar-refractivity contribution in [3.63, 3.8) is 0 Å². The molecule has 3 nitrogen and oxygen atoms in total. The first kappa shape index (κ1) is 14.6. The Bertz CT molecular complexity index is 480. The summed E-state index contributed by atoms with van der Waals surface area (Å²) < 4.78 is 0.560. The molecule has 0 fully saturated rings. The SMILES string of the molecule is CC.CC.O=c1[nH][nH]c(=S)c2ccccc12. The lowest BCUT2D eigenvalue weighted by Crippen LogP contribution is -2.07. The van der Waals surface area contributed by atoms with E-state index >= 15 is 0 Å². The normalized spacial score (nSPS) is 8.50. The van der Waals surface area contributed by atoms with Gasteiger partial charge in [-0.25, -0.2) is 0 Å². The van der Waals surface area contributed by atoms with Crippen LogP contribution < -0.4 is 5.56 Å². The van der Waals surface area contributed by atoms with E-state index in [1.807, 2.05) is 45.9 Å². The lowest BCUT2D eigenvalue weighted by Gasteiger charge is -1.94. The monoisotopic (exact) mass is 238 g/mol. The van der Waals surface area contributed by atoms with Crippen molar-refractivity contribution in [1.82, 2.24) is 10.2 Å². The molecule has 0 atom stereocenters. The highest BCUT2D eigenvalue weighted by molar-refractivity contribution is 7.71. The van der Waals surface area contributed by atoms with Gasteiger partial charge in [-0.2, -0.15) is 0 Å². The Morgan fingerprint density at radius 3 is 1.94 bits per heavy atom. The summed E-state index contributed by atoms with van der Waals surface area (Å²) in [6.45, 7) is 8.00. The number of hydrogen-bond acceptors (Lipinski definition) is 2. The molecule has 0 aliphatic rings. The average molecular weight is 238 g/mol. The minimum Gasteiger partial charge on any atom is -0.287 e. The Labute approximate surface area is 101 Å². The van der Waals surface area contributed by atoms with E-state index in [4.69, 9.17) is 12.2 Å². The quantitative estimate of drug-likeness (QED) is 0.688. The third-order valence-corrected chi connectivity index (χ3v) is 2.03. The summed E-state index contributed by atoms with van der Waals surface area (Å²) >= 11 is 4.99. The van der Waals surface area contributed by atoms with Gasteiger partial charge >= 0.3 is 0 Å². The Balaban J connectivity index is 0.000000509. The molecular formula is C12H18N2OS. The molecule has 1 aromatic heterocycles. The molecule has 4 heteroatoms. The van der Waals surface area contributed by atoms with Crippen LogP contribution in [0.2, 0.25) is 0 Å². The first-order valence-electron chi connectivity index (χ1n) is 5.49. The fraction of sp³-hybridized carbons (Fsp3) is 0.333. The van der Waals surface area contributed by atoms with Gasteiger partial charge in [0.1, 0.15) is 4.64 Å². The van der Waals surface area contributed by atoms with Gasteiger partial charge in [0, 0.05) is 5.39 Å². The molecule has 0 unspecified atom stereocenters. The number of aromatic amines is 2. The van der Waals surface area contributed by atoms with Crippen LogP contribution in [0.25, 0.3) is 10.8 Å². The van der Waals surface area contributed by atoms with Crippen LogP contribution in [0.15, 0.2) is 29.1 Å². The molecule has 0 aliphatic heterocycles. The van der Waals surface area contributed by atoms with Crippen molar-refractivity contribution in [2.45, 2.75) is 27.7 Å². The fourth-order valence-corrected chi connectivity index (χ4v) is 1.36.